The number of esters is 1. The van der Waals surface area contributed by atoms with Crippen LogP contribution in [0.2, 0.25) is 0 Å². The zero-order valence-corrected chi connectivity index (χ0v) is 12.0. The lowest BCUT2D eigenvalue weighted by molar-refractivity contribution is -0.146. The van der Waals surface area contributed by atoms with Crippen LogP contribution in [0.3, 0.4) is 0 Å². The summed E-state index contributed by atoms with van der Waals surface area (Å²) in [5.74, 6) is 0.0480. The van der Waals surface area contributed by atoms with Crippen LogP contribution in [0.15, 0.2) is 18.2 Å². The largest absolute Gasteiger partial charge is 0.469 e. The number of methoxy groups -OCH3 is 1. The van der Waals surface area contributed by atoms with Crippen LogP contribution < -0.4 is 5.32 Å². The number of anilines is 1. The first-order chi connectivity index (χ1) is 9.11. The minimum Gasteiger partial charge on any atom is -0.469 e. The number of benzene rings is 1. The van der Waals surface area contributed by atoms with Crippen molar-refractivity contribution in [1.82, 2.24) is 0 Å². The molecule has 3 nitrogen and oxygen atoms in total. The van der Waals surface area contributed by atoms with Gasteiger partial charge in [-0.1, -0.05) is 12.1 Å². The number of hydrogen-bond donors (Lipinski definition) is 1. The Labute approximate surface area is 115 Å². The van der Waals surface area contributed by atoms with Gasteiger partial charge in [-0.15, -0.1) is 0 Å². The van der Waals surface area contributed by atoms with Gasteiger partial charge in [-0.3, -0.25) is 4.79 Å². The second kappa shape index (κ2) is 6.09. The lowest BCUT2D eigenvalue weighted by Gasteiger charge is -2.29. The third kappa shape index (κ3) is 3.28. The van der Waals surface area contributed by atoms with Crippen molar-refractivity contribution in [2.24, 2.45) is 5.92 Å². The first-order valence-electron chi connectivity index (χ1n) is 7.02. The van der Waals surface area contributed by atoms with Gasteiger partial charge in [0.1, 0.15) is 0 Å². The molecule has 0 unspecified atom stereocenters. The van der Waals surface area contributed by atoms with E-state index in [0.29, 0.717) is 6.04 Å². The Bertz CT molecular complexity index is 448. The molecule has 1 aromatic rings. The molecular formula is C16H23NO2. The maximum absolute atomic E-state index is 11.5. The van der Waals surface area contributed by atoms with E-state index in [1.54, 1.807) is 0 Å². The fraction of sp³-hybridized carbons (Fsp3) is 0.562. The van der Waals surface area contributed by atoms with Gasteiger partial charge in [-0.05, 0) is 56.7 Å². The molecule has 1 aliphatic carbocycles. The van der Waals surface area contributed by atoms with Gasteiger partial charge in [0.05, 0.1) is 13.0 Å². The zero-order valence-electron chi connectivity index (χ0n) is 12.0. The second-order valence-electron chi connectivity index (χ2n) is 5.46. The molecular weight excluding hydrogens is 238 g/mol. The molecule has 19 heavy (non-hydrogen) atoms. The smallest absolute Gasteiger partial charge is 0.308 e. The Morgan fingerprint density at radius 1 is 1.21 bits per heavy atom. The quantitative estimate of drug-likeness (QED) is 0.847. The highest BCUT2D eigenvalue weighted by Gasteiger charge is 2.26. The van der Waals surface area contributed by atoms with E-state index in [1.807, 2.05) is 0 Å². The molecule has 0 spiro atoms. The number of aryl methyl sites for hydroxylation is 1. The molecule has 1 fully saturated rings. The highest BCUT2D eigenvalue weighted by Crippen LogP contribution is 2.28. The van der Waals surface area contributed by atoms with Crippen molar-refractivity contribution in [3.05, 3.63) is 29.3 Å². The minimum absolute atomic E-state index is 0.0508. The molecule has 1 saturated carbocycles. The maximum atomic E-state index is 11.5. The van der Waals surface area contributed by atoms with Crippen LogP contribution in [0.1, 0.15) is 36.8 Å². The molecule has 1 aliphatic rings. The average Bonchev–Trinajstić information content (AvgIpc) is 2.44. The van der Waals surface area contributed by atoms with Crippen LogP contribution in [0, 0.1) is 19.8 Å². The van der Waals surface area contributed by atoms with Gasteiger partial charge in [0.15, 0.2) is 0 Å². The number of rotatable bonds is 3. The summed E-state index contributed by atoms with van der Waals surface area (Å²) in [5, 5.41) is 3.62. The molecule has 0 heterocycles. The molecule has 104 valence electrons. The van der Waals surface area contributed by atoms with Crippen molar-refractivity contribution in [1.29, 1.82) is 0 Å². The molecule has 0 radical (unpaired) electrons. The molecule has 1 N–H and O–H groups in total. The normalized spacial score (nSPS) is 22.9. The SMILES string of the molecule is COC(=O)C1CCC(Nc2cccc(C)c2C)CC1. The molecule has 3 heteroatoms. The first-order valence-corrected chi connectivity index (χ1v) is 7.02. The standard InChI is InChI=1S/C16H23NO2/c1-11-5-4-6-15(12(11)2)17-14-9-7-13(8-10-14)16(18)19-3/h4-6,13-14,17H,7-10H2,1-3H3. The highest BCUT2D eigenvalue weighted by atomic mass is 16.5. The van der Waals surface area contributed by atoms with Crippen LogP contribution in [0.4, 0.5) is 5.69 Å². The summed E-state index contributed by atoms with van der Waals surface area (Å²) in [6.07, 6.45) is 3.92. The number of carbonyl (C=O) groups excluding carboxylic acids is 1. The van der Waals surface area contributed by atoms with Crippen molar-refractivity contribution in [2.75, 3.05) is 12.4 Å². The molecule has 2 rings (SSSR count). The third-order valence-corrected chi connectivity index (χ3v) is 4.23. The molecule has 0 saturated heterocycles. The van der Waals surface area contributed by atoms with E-state index in [-0.39, 0.29) is 11.9 Å². The Hall–Kier alpha value is -1.51. The Morgan fingerprint density at radius 2 is 1.89 bits per heavy atom. The van der Waals surface area contributed by atoms with Gasteiger partial charge in [-0.25, -0.2) is 0 Å². The van der Waals surface area contributed by atoms with Crippen LogP contribution in [0.25, 0.3) is 0 Å². The van der Waals surface area contributed by atoms with E-state index in [1.165, 1.54) is 23.9 Å². The number of carbonyl (C=O) groups is 1. The minimum atomic E-state index is -0.0508. The number of hydrogen-bond acceptors (Lipinski definition) is 3. The molecule has 1 aromatic carbocycles. The van der Waals surface area contributed by atoms with Gasteiger partial charge in [0.2, 0.25) is 0 Å². The van der Waals surface area contributed by atoms with E-state index >= 15 is 0 Å². The summed E-state index contributed by atoms with van der Waals surface area (Å²) in [5.41, 5.74) is 3.85. The Balaban J connectivity index is 1.92. The van der Waals surface area contributed by atoms with Crippen molar-refractivity contribution in [3.63, 3.8) is 0 Å². The summed E-state index contributed by atoms with van der Waals surface area (Å²) in [6, 6.07) is 6.83. The van der Waals surface area contributed by atoms with Crippen LogP contribution in [-0.2, 0) is 9.53 Å². The average molecular weight is 261 g/mol. The van der Waals surface area contributed by atoms with Crippen molar-refractivity contribution in [3.8, 4) is 0 Å². The number of nitrogens with one attached hydrogen (secondary N) is 1. The highest BCUT2D eigenvalue weighted by molar-refractivity contribution is 5.72. The molecule has 0 amide bonds. The zero-order chi connectivity index (χ0) is 13.8. The number of ether oxygens (including phenoxy) is 1. The van der Waals surface area contributed by atoms with Crippen molar-refractivity contribution < 1.29 is 9.53 Å². The lowest BCUT2D eigenvalue weighted by Crippen LogP contribution is -2.30. The van der Waals surface area contributed by atoms with E-state index < -0.39 is 0 Å². The van der Waals surface area contributed by atoms with Crippen LogP contribution in [-0.4, -0.2) is 19.1 Å². The van der Waals surface area contributed by atoms with E-state index in [9.17, 15) is 4.79 Å². The predicted molar refractivity (Wildman–Crippen MR) is 77.3 cm³/mol. The van der Waals surface area contributed by atoms with Gasteiger partial charge < -0.3 is 10.1 Å². The summed E-state index contributed by atoms with van der Waals surface area (Å²) in [6.45, 7) is 4.28. The van der Waals surface area contributed by atoms with E-state index in [2.05, 4.69) is 37.4 Å². The van der Waals surface area contributed by atoms with Crippen LogP contribution in [0.5, 0.6) is 0 Å². The topological polar surface area (TPSA) is 38.3 Å². The summed E-state index contributed by atoms with van der Waals surface area (Å²) < 4.78 is 4.82. The van der Waals surface area contributed by atoms with Gasteiger partial charge in [-0.2, -0.15) is 0 Å². The predicted octanol–water partition coefficient (Wildman–Crippen LogP) is 3.45. The molecule has 0 atom stereocenters. The fourth-order valence-electron chi connectivity index (χ4n) is 2.77. The molecule has 0 aromatic heterocycles. The summed E-state index contributed by atoms with van der Waals surface area (Å²) in [4.78, 5) is 11.5. The monoisotopic (exact) mass is 261 g/mol. The summed E-state index contributed by atoms with van der Waals surface area (Å²) >= 11 is 0. The third-order valence-electron chi connectivity index (χ3n) is 4.23. The Morgan fingerprint density at radius 3 is 2.53 bits per heavy atom. The van der Waals surface area contributed by atoms with Crippen LogP contribution >= 0.6 is 0 Å². The lowest BCUT2D eigenvalue weighted by atomic mass is 9.86. The fourth-order valence-corrected chi connectivity index (χ4v) is 2.77. The van der Waals surface area contributed by atoms with Gasteiger partial charge in [0.25, 0.3) is 0 Å². The van der Waals surface area contributed by atoms with E-state index in [0.717, 1.165) is 25.7 Å². The second-order valence-corrected chi connectivity index (χ2v) is 5.46. The Kier molecular flexibility index (Phi) is 4.46. The van der Waals surface area contributed by atoms with Gasteiger partial charge >= 0.3 is 5.97 Å². The van der Waals surface area contributed by atoms with Crippen molar-refractivity contribution >= 4 is 11.7 Å². The maximum Gasteiger partial charge on any atom is 0.308 e. The van der Waals surface area contributed by atoms with Gasteiger partial charge in [0, 0.05) is 11.7 Å². The molecule has 0 bridgehead atoms. The first kappa shape index (κ1) is 13.9. The van der Waals surface area contributed by atoms with E-state index in [4.69, 9.17) is 4.74 Å². The summed E-state index contributed by atoms with van der Waals surface area (Å²) in [7, 11) is 1.47. The van der Waals surface area contributed by atoms with Crippen molar-refractivity contribution in [2.45, 2.75) is 45.6 Å². The molecule has 0 aliphatic heterocycles.